The van der Waals surface area contributed by atoms with Crippen molar-refractivity contribution < 1.29 is 9.53 Å². The summed E-state index contributed by atoms with van der Waals surface area (Å²) in [4.78, 5) is 17.1. The van der Waals surface area contributed by atoms with Crippen LogP contribution in [0.4, 0.5) is 0 Å². The molecule has 1 saturated heterocycles. The van der Waals surface area contributed by atoms with Gasteiger partial charge in [-0.1, -0.05) is 60.1 Å². The van der Waals surface area contributed by atoms with E-state index in [1.807, 2.05) is 17.0 Å². The lowest BCUT2D eigenvalue weighted by Gasteiger charge is -2.32. The van der Waals surface area contributed by atoms with Crippen LogP contribution in [0.1, 0.15) is 34.3 Å². The number of likely N-dealkylation sites (N-methyl/N-ethyl adjacent to an activating group) is 1. The highest BCUT2D eigenvalue weighted by Gasteiger charge is 2.25. The van der Waals surface area contributed by atoms with Gasteiger partial charge in [0.05, 0.1) is 6.61 Å². The molecular weight excluding hydrogens is 444 g/mol. The zero-order chi connectivity index (χ0) is 23.8. The van der Waals surface area contributed by atoms with Crippen molar-refractivity contribution in [2.45, 2.75) is 25.8 Å². The summed E-state index contributed by atoms with van der Waals surface area (Å²) in [5, 5.41) is 0.591. The molecule has 3 aromatic carbocycles. The summed E-state index contributed by atoms with van der Waals surface area (Å²) in [5.41, 5.74) is 3.30. The average molecular weight is 477 g/mol. The van der Waals surface area contributed by atoms with Crippen LogP contribution in [0.2, 0.25) is 5.02 Å². The minimum Gasteiger partial charge on any atom is -0.493 e. The SMILES string of the molecule is CN(CCc1ccccc1)Cc1ccc(OC[C@@H]2CCCN(C(=O)c3cccc(Cl)c3)C2)cc1. The van der Waals surface area contributed by atoms with E-state index >= 15 is 0 Å². The molecule has 4 rings (SSSR count). The Morgan fingerprint density at radius 1 is 1.03 bits per heavy atom. The van der Waals surface area contributed by atoms with Gasteiger partial charge in [0.2, 0.25) is 0 Å². The van der Waals surface area contributed by atoms with Crippen LogP contribution < -0.4 is 4.74 Å². The van der Waals surface area contributed by atoms with Crippen LogP contribution in [0.15, 0.2) is 78.9 Å². The molecule has 3 aromatic rings. The van der Waals surface area contributed by atoms with Gasteiger partial charge in [0, 0.05) is 42.7 Å². The van der Waals surface area contributed by atoms with Gasteiger partial charge in [-0.15, -0.1) is 0 Å². The molecule has 0 N–H and O–H groups in total. The lowest BCUT2D eigenvalue weighted by molar-refractivity contribution is 0.0633. The van der Waals surface area contributed by atoms with E-state index in [4.69, 9.17) is 16.3 Å². The zero-order valence-corrected chi connectivity index (χ0v) is 20.6. The van der Waals surface area contributed by atoms with Crippen LogP contribution in [0.25, 0.3) is 0 Å². The van der Waals surface area contributed by atoms with Crippen LogP contribution in [-0.2, 0) is 13.0 Å². The largest absolute Gasteiger partial charge is 0.493 e. The van der Waals surface area contributed by atoms with Crippen molar-refractivity contribution in [3.05, 3.63) is 101 Å². The highest BCUT2D eigenvalue weighted by molar-refractivity contribution is 6.30. The minimum absolute atomic E-state index is 0.0490. The van der Waals surface area contributed by atoms with Crippen molar-refractivity contribution in [3.63, 3.8) is 0 Å². The molecule has 1 aliphatic heterocycles. The number of benzene rings is 3. The van der Waals surface area contributed by atoms with E-state index in [1.54, 1.807) is 12.1 Å². The van der Waals surface area contributed by atoms with Crippen molar-refractivity contribution in [1.29, 1.82) is 0 Å². The Morgan fingerprint density at radius 2 is 1.82 bits per heavy atom. The van der Waals surface area contributed by atoms with Crippen LogP contribution in [0, 0.1) is 5.92 Å². The van der Waals surface area contributed by atoms with E-state index < -0.39 is 0 Å². The zero-order valence-electron chi connectivity index (χ0n) is 19.8. The molecule has 0 aliphatic carbocycles. The molecule has 0 bridgehead atoms. The number of hydrogen-bond acceptors (Lipinski definition) is 3. The van der Waals surface area contributed by atoms with E-state index in [0.717, 1.165) is 51.2 Å². The van der Waals surface area contributed by atoms with Gasteiger partial charge >= 0.3 is 0 Å². The quantitative estimate of drug-likeness (QED) is 0.383. The molecule has 0 saturated carbocycles. The number of hydrogen-bond donors (Lipinski definition) is 0. The van der Waals surface area contributed by atoms with E-state index in [9.17, 15) is 4.79 Å². The third kappa shape index (κ3) is 7.09. The maximum Gasteiger partial charge on any atom is 0.253 e. The van der Waals surface area contributed by atoms with E-state index in [-0.39, 0.29) is 5.91 Å². The maximum absolute atomic E-state index is 12.8. The topological polar surface area (TPSA) is 32.8 Å². The lowest BCUT2D eigenvalue weighted by Crippen LogP contribution is -2.41. The number of nitrogens with zero attached hydrogens (tertiary/aromatic N) is 2. The molecule has 1 aliphatic rings. The molecule has 1 fully saturated rings. The summed E-state index contributed by atoms with van der Waals surface area (Å²) in [6.07, 6.45) is 3.12. The summed E-state index contributed by atoms with van der Waals surface area (Å²) in [7, 11) is 2.16. The summed E-state index contributed by atoms with van der Waals surface area (Å²) in [6.45, 7) is 4.06. The van der Waals surface area contributed by atoms with Crippen molar-refractivity contribution in [2.75, 3.05) is 33.3 Å². The van der Waals surface area contributed by atoms with Crippen molar-refractivity contribution in [1.82, 2.24) is 9.80 Å². The molecule has 0 aromatic heterocycles. The predicted octanol–water partition coefficient (Wildman–Crippen LogP) is 5.95. The molecular formula is C29H33ClN2O2. The minimum atomic E-state index is 0.0490. The number of carbonyl (C=O) groups excluding carboxylic acids is 1. The first-order valence-electron chi connectivity index (χ1n) is 12.1. The second-order valence-corrected chi connectivity index (χ2v) is 9.63. The van der Waals surface area contributed by atoms with Gasteiger partial charge in [-0.3, -0.25) is 4.79 Å². The van der Waals surface area contributed by atoms with E-state index in [1.165, 1.54) is 11.1 Å². The van der Waals surface area contributed by atoms with Crippen molar-refractivity contribution in [3.8, 4) is 5.75 Å². The number of rotatable bonds is 9. The Hall–Kier alpha value is -2.82. The van der Waals surface area contributed by atoms with Gasteiger partial charge < -0.3 is 14.5 Å². The number of amides is 1. The summed E-state index contributed by atoms with van der Waals surface area (Å²) in [6, 6.07) is 26.2. The fourth-order valence-corrected chi connectivity index (χ4v) is 4.64. The fourth-order valence-electron chi connectivity index (χ4n) is 4.45. The Labute approximate surface area is 208 Å². The highest BCUT2D eigenvalue weighted by atomic mass is 35.5. The predicted molar refractivity (Wildman–Crippen MR) is 138 cm³/mol. The molecule has 1 atom stereocenters. The van der Waals surface area contributed by atoms with E-state index in [0.29, 0.717) is 23.1 Å². The molecule has 0 radical (unpaired) electrons. The first-order valence-corrected chi connectivity index (χ1v) is 12.4. The molecule has 178 valence electrons. The number of halogens is 1. The van der Waals surface area contributed by atoms with Gasteiger partial charge in [0.15, 0.2) is 0 Å². The van der Waals surface area contributed by atoms with Gasteiger partial charge in [0.1, 0.15) is 5.75 Å². The first kappa shape index (κ1) is 24.3. The molecule has 5 heteroatoms. The van der Waals surface area contributed by atoms with Gasteiger partial charge in [-0.25, -0.2) is 0 Å². The van der Waals surface area contributed by atoms with E-state index in [2.05, 4.69) is 66.5 Å². The maximum atomic E-state index is 12.8. The molecule has 1 heterocycles. The number of carbonyl (C=O) groups is 1. The van der Waals surface area contributed by atoms with Crippen molar-refractivity contribution in [2.24, 2.45) is 5.92 Å². The second-order valence-electron chi connectivity index (χ2n) is 9.20. The average Bonchev–Trinajstić information content (AvgIpc) is 2.87. The molecule has 4 nitrogen and oxygen atoms in total. The standard InChI is InChI=1S/C29H33ClN2O2/c1-31(18-16-23-7-3-2-4-8-23)20-24-12-14-28(15-13-24)34-22-25-9-6-17-32(21-25)29(33)26-10-5-11-27(30)19-26/h2-5,7-8,10-15,19,25H,6,9,16-18,20-22H2,1H3/t25-/m1/s1. The molecule has 0 spiro atoms. The molecule has 0 unspecified atom stereocenters. The Balaban J connectivity index is 1.22. The first-order chi connectivity index (χ1) is 16.6. The van der Waals surface area contributed by atoms with Gasteiger partial charge in [-0.2, -0.15) is 0 Å². The fraction of sp³-hybridized carbons (Fsp3) is 0.345. The number of likely N-dealkylation sites (tertiary alicyclic amines) is 1. The summed E-state index contributed by atoms with van der Waals surface area (Å²) < 4.78 is 6.09. The van der Waals surface area contributed by atoms with Gasteiger partial charge in [-0.05, 0) is 67.8 Å². The monoisotopic (exact) mass is 476 g/mol. The van der Waals surface area contributed by atoms with Crippen molar-refractivity contribution >= 4 is 17.5 Å². The number of ether oxygens (including phenoxy) is 1. The van der Waals surface area contributed by atoms with Crippen LogP contribution >= 0.6 is 11.6 Å². The van der Waals surface area contributed by atoms with Crippen LogP contribution in [0.3, 0.4) is 0 Å². The third-order valence-corrected chi connectivity index (χ3v) is 6.60. The van der Waals surface area contributed by atoms with Crippen LogP contribution in [-0.4, -0.2) is 49.0 Å². The smallest absolute Gasteiger partial charge is 0.253 e. The Morgan fingerprint density at radius 3 is 2.59 bits per heavy atom. The normalized spacial score (nSPS) is 16.0. The molecule has 34 heavy (non-hydrogen) atoms. The van der Waals surface area contributed by atoms with Gasteiger partial charge in [0.25, 0.3) is 5.91 Å². The lowest BCUT2D eigenvalue weighted by atomic mass is 9.98. The second kappa shape index (κ2) is 12.0. The highest BCUT2D eigenvalue weighted by Crippen LogP contribution is 2.22. The summed E-state index contributed by atoms with van der Waals surface area (Å²) >= 11 is 6.06. The third-order valence-electron chi connectivity index (χ3n) is 6.36. The number of piperidine rings is 1. The van der Waals surface area contributed by atoms with Crippen LogP contribution in [0.5, 0.6) is 5.75 Å². The molecule has 1 amide bonds. The Bertz CT molecular complexity index is 1060. The summed E-state index contributed by atoms with van der Waals surface area (Å²) in [5.74, 6) is 1.27. The Kier molecular flexibility index (Phi) is 8.62.